The molecule has 0 spiro atoms. The SMILES string of the molecule is Cc1c(Cl)sc2cc(F)ccc12. The van der Waals surface area contributed by atoms with Crippen molar-refractivity contribution < 1.29 is 4.39 Å². The molecule has 2 aromatic rings. The van der Waals surface area contributed by atoms with Crippen molar-refractivity contribution in [1.82, 2.24) is 0 Å². The van der Waals surface area contributed by atoms with Gasteiger partial charge < -0.3 is 0 Å². The van der Waals surface area contributed by atoms with Crippen molar-refractivity contribution >= 4 is 33.0 Å². The molecule has 0 nitrogen and oxygen atoms in total. The predicted molar refractivity (Wildman–Crippen MR) is 51.5 cm³/mol. The van der Waals surface area contributed by atoms with Crippen LogP contribution >= 0.6 is 22.9 Å². The molecule has 0 radical (unpaired) electrons. The maximum Gasteiger partial charge on any atom is 0.124 e. The Morgan fingerprint density at radius 2 is 2.17 bits per heavy atom. The number of hydrogen-bond donors (Lipinski definition) is 0. The van der Waals surface area contributed by atoms with Gasteiger partial charge in [-0.05, 0) is 30.0 Å². The number of fused-ring (bicyclic) bond motifs is 1. The van der Waals surface area contributed by atoms with Crippen LogP contribution in [0.15, 0.2) is 18.2 Å². The summed E-state index contributed by atoms with van der Waals surface area (Å²) >= 11 is 7.32. The molecule has 0 atom stereocenters. The van der Waals surface area contributed by atoms with Crippen LogP contribution in [0.2, 0.25) is 4.34 Å². The lowest BCUT2D eigenvalue weighted by molar-refractivity contribution is 0.630. The second kappa shape index (κ2) is 2.71. The molecule has 0 aliphatic carbocycles. The lowest BCUT2D eigenvalue weighted by atomic mass is 10.2. The second-order valence-electron chi connectivity index (χ2n) is 2.64. The molecular formula is C9H6ClFS. The van der Waals surface area contributed by atoms with Crippen molar-refractivity contribution in [3.63, 3.8) is 0 Å². The highest BCUT2D eigenvalue weighted by atomic mass is 35.5. The Morgan fingerprint density at radius 3 is 2.92 bits per heavy atom. The highest BCUT2D eigenvalue weighted by molar-refractivity contribution is 7.22. The van der Waals surface area contributed by atoms with Gasteiger partial charge in [0.1, 0.15) is 5.82 Å². The standard InChI is InChI=1S/C9H6ClFS/c1-5-7-3-2-6(11)4-8(7)12-9(5)10/h2-4H,1H3. The third-order valence-corrected chi connectivity index (χ3v) is 3.40. The fourth-order valence-corrected chi connectivity index (χ4v) is 2.48. The average molecular weight is 201 g/mol. The van der Waals surface area contributed by atoms with E-state index >= 15 is 0 Å². The molecule has 12 heavy (non-hydrogen) atoms. The van der Waals surface area contributed by atoms with E-state index in [9.17, 15) is 4.39 Å². The van der Waals surface area contributed by atoms with Crippen LogP contribution in [0.25, 0.3) is 10.1 Å². The van der Waals surface area contributed by atoms with Gasteiger partial charge in [-0.15, -0.1) is 11.3 Å². The summed E-state index contributed by atoms with van der Waals surface area (Å²) in [6.07, 6.45) is 0. The van der Waals surface area contributed by atoms with Gasteiger partial charge >= 0.3 is 0 Å². The maximum absolute atomic E-state index is 12.7. The summed E-state index contributed by atoms with van der Waals surface area (Å²) in [6.45, 7) is 1.94. The normalized spacial score (nSPS) is 10.9. The van der Waals surface area contributed by atoms with Gasteiger partial charge in [0.25, 0.3) is 0 Å². The molecule has 2 rings (SSSR count). The Labute approximate surface area is 78.6 Å². The van der Waals surface area contributed by atoms with Gasteiger partial charge in [0.05, 0.1) is 4.34 Å². The van der Waals surface area contributed by atoms with E-state index in [1.807, 2.05) is 6.92 Å². The Morgan fingerprint density at radius 1 is 1.42 bits per heavy atom. The molecule has 0 saturated carbocycles. The van der Waals surface area contributed by atoms with Crippen molar-refractivity contribution in [2.75, 3.05) is 0 Å². The lowest BCUT2D eigenvalue weighted by Crippen LogP contribution is -1.71. The zero-order chi connectivity index (χ0) is 8.72. The first kappa shape index (κ1) is 8.02. The number of benzene rings is 1. The minimum atomic E-state index is -0.208. The molecule has 0 saturated heterocycles. The monoisotopic (exact) mass is 200 g/mol. The first-order valence-corrected chi connectivity index (χ1v) is 4.72. The molecule has 62 valence electrons. The van der Waals surface area contributed by atoms with Crippen molar-refractivity contribution in [3.8, 4) is 0 Å². The van der Waals surface area contributed by atoms with Crippen molar-refractivity contribution in [3.05, 3.63) is 33.9 Å². The summed E-state index contributed by atoms with van der Waals surface area (Å²) in [6, 6.07) is 4.74. The Kier molecular flexibility index (Phi) is 1.81. The van der Waals surface area contributed by atoms with Crippen LogP contribution in [0.5, 0.6) is 0 Å². The molecule has 1 aromatic carbocycles. The van der Waals surface area contributed by atoms with Gasteiger partial charge in [0.2, 0.25) is 0 Å². The van der Waals surface area contributed by atoms with Crippen LogP contribution in [0.1, 0.15) is 5.56 Å². The van der Waals surface area contributed by atoms with E-state index in [4.69, 9.17) is 11.6 Å². The van der Waals surface area contributed by atoms with Crippen LogP contribution in [0.3, 0.4) is 0 Å². The van der Waals surface area contributed by atoms with Crippen LogP contribution in [0.4, 0.5) is 4.39 Å². The van der Waals surface area contributed by atoms with Gasteiger partial charge in [-0.3, -0.25) is 0 Å². The van der Waals surface area contributed by atoms with Gasteiger partial charge in [-0.1, -0.05) is 17.7 Å². The van der Waals surface area contributed by atoms with Crippen molar-refractivity contribution in [1.29, 1.82) is 0 Å². The van der Waals surface area contributed by atoms with E-state index in [0.717, 1.165) is 20.0 Å². The van der Waals surface area contributed by atoms with Gasteiger partial charge in [-0.2, -0.15) is 0 Å². The predicted octanol–water partition coefficient (Wildman–Crippen LogP) is 4.00. The van der Waals surface area contributed by atoms with E-state index in [2.05, 4.69) is 0 Å². The maximum atomic E-state index is 12.7. The molecule has 0 unspecified atom stereocenters. The van der Waals surface area contributed by atoms with E-state index in [0.29, 0.717) is 0 Å². The molecule has 0 fully saturated rings. The van der Waals surface area contributed by atoms with Crippen LogP contribution in [-0.2, 0) is 0 Å². The highest BCUT2D eigenvalue weighted by Gasteiger charge is 2.05. The molecule has 0 amide bonds. The highest BCUT2D eigenvalue weighted by Crippen LogP contribution is 2.34. The largest absolute Gasteiger partial charge is 0.207 e. The molecule has 0 aliphatic heterocycles. The first-order chi connectivity index (χ1) is 5.68. The van der Waals surface area contributed by atoms with Crippen LogP contribution < -0.4 is 0 Å². The molecule has 1 aromatic heterocycles. The third-order valence-electron chi connectivity index (χ3n) is 1.84. The fourth-order valence-electron chi connectivity index (χ4n) is 1.17. The summed E-state index contributed by atoms with van der Waals surface area (Å²) in [5.74, 6) is -0.208. The fraction of sp³-hybridized carbons (Fsp3) is 0.111. The summed E-state index contributed by atoms with van der Waals surface area (Å²) in [5.41, 5.74) is 1.04. The van der Waals surface area contributed by atoms with E-state index in [-0.39, 0.29) is 5.82 Å². The van der Waals surface area contributed by atoms with Crippen molar-refractivity contribution in [2.45, 2.75) is 6.92 Å². The van der Waals surface area contributed by atoms with Gasteiger partial charge in [0.15, 0.2) is 0 Å². The number of aryl methyl sites for hydroxylation is 1. The van der Waals surface area contributed by atoms with E-state index in [1.165, 1.54) is 23.5 Å². The van der Waals surface area contributed by atoms with Crippen molar-refractivity contribution in [2.24, 2.45) is 0 Å². The van der Waals surface area contributed by atoms with Gasteiger partial charge in [-0.25, -0.2) is 4.39 Å². The van der Waals surface area contributed by atoms with E-state index < -0.39 is 0 Å². The summed E-state index contributed by atoms with van der Waals surface area (Å²) in [4.78, 5) is 0. The molecule has 3 heteroatoms. The van der Waals surface area contributed by atoms with Crippen LogP contribution in [0, 0.1) is 12.7 Å². The summed E-state index contributed by atoms with van der Waals surface area (Å²) in [5, 5.41) is 1.05. The molecule has 1 heterocycles. The summed E-state index contributed by atoms with van der Waals surface area (Å²) < 4.78 is 14.4. The quantitative estimate of drug-likeness (QED) is 0.603. The number of halogens is 2. The minimum absolute atomic E-state index is 0.208. The summed E-state index contributed by atoms with van der Waals surface area (Å²) in [7, 11) is 0. The molecule has 0 N–H and O–H groups in total. The molecule has 0 bridgehead atoms. The molecular weight excluding hydrogens is 195 g/mol. The Balaban J connectivity index is 2.87. The Hall–Kier alpha value is -0.600. The lowest BCUT2D eigenvalue weighted by Gasteiger charge is -1.90. The zero-order valence-electron chi connectivity index (χ0n) is 6.40. The second-order valence-corrected chi connectivity index (χ2v) is 4.30. The molecule has 0 aliphatic rings. The number of rotatable bonds is 0. The van der Waals surface area contributed by atoms with E-state index in [1.54, 1.807) is 6.07 Å². The topological polar surface area (TPSA) is 0 Å². The number of hydrogen-bond acceptors (Lipinski definition) is 1. The smallest absolute Gasteiger partial charge is 0.124 e. The first-order valence-electron chi connectivity index (χ1n) is 3.52. The average Bonchev–Trinajstić information content (AvgIpc) is 2.28. The zero-order valence-corrected chi connectivity index (χ0v) is 7.97. The Bertz CT molecular complexity index is 433. The van der Waals surface area contributed by atoms with Gasteiger partial charge in [0, 0.05) is 4.70 Å². The van der Waals surface area contributed by atoms with Crippen LogP contribution in [-0.4, -0.2) is 0 Å². The third kappa shape index (κ3) is 1.11. The minimum Gasteiger partial charge on any atom is -0.207 e. The number of thiophene rings is 1.